The highest BCUT2D eigenvalue weighted by Crippen LogP contribution is 2.31. The van der Waals surface area contributed by atoms with Crippen LogP contribution >= 0.6 is 11.8 Å². The highest BCUT2D eigenvalue weighted by molar-refractivity contribution is 8.00. The van der Waals surface area contributed by atoms with E-state index in [0.29, 0.717) is 22.0 Å². The first-order chi connectivity index (χ1) is 16.4. The zero-order valence-electron chi connectivity index (χ0n) is 17.6. The molecule has 1 N–H and O–H groups in total. The number of nitro groups is 2. The van der Waals surface area contributed by atoms with Gasteiger partial charge in [-0.25, -0.2) is 10.4 Å². The van der Waals surface area contributed by atoms with Crippen LogP contribution in [-0.4, -0.2) is 39.8 Å². The average molecular weight is 483 g/mol. The number of hydrazone groups is 1. The maximum atomic E-state index is 12.0. The molecular formula is C21H17N5O7S. The zero-order chi connectivity index (χ0) is 24.5. The molecule has 3 aromatic rings. The molecule has 174 valence electrons. The summed E-state index contributed by atoms with van der Waals surface area (Å²) in [6, 6.07) is 13.4. The van der Waals surface area contributed by atoms with E-state index in [1.165, 1.54) is 49.4 Å². The van der Waals surface area contributed by atoms with Crippen molar-refractivity contribution in [2.24, 2.45) is 5.10 Å². The highest BCUT2D eigenvalue weighted by Gasteiger charge is 2.10. The second-order valence-corrected chi connectivity index (χ2v) is 7.51. The first-order valence-electron chi connectivity index (χ1n) is 9.51. The molecule has 0 unspecified atom stereocenters. The van der Waals surface area contributed by atoms with Crippen molar-refractivity contribution in [2.75, 3.05) is 12.9 Å². The number of amides is 1. The Kier molecular flexibility index (Phi) is 8.07. The van der Waals surface area contributed by atoms with Crippen LogP contribution in [0.15, 0.2) is 70.8 Å². The number of non-ortho nitro benzene ring substituents is 1. The van der Waals surface area contributed by atoms with Crippen LogP contribution in [0.25, 0.3) is 0 Å². The summed E-state index contributed by atoms with van der Waals surface area (Å²) < 4.78 is 10.9. The Morgan fingerprint density at radius 2 is 1.76 bits per heavy atom. The van der Waals surface area contributed by atoms with Gasteiger partial charge in [-0.3, -0.25) is 25.0 Å². The Balaban J connectivity index is 1.54. The molecule has 0 spiro atoms. The van der Waals surface area contributed by atoms with Gasteiger partial charge in [0.15, 0.2) is 11.5 Å². The van der Waals surface area contributed by atoms with Crippen molar-refractivity contribution in [2.45, 2.75) is 4.90 Å². The van der Waals surface area contributed by atoms with E-state index in [4.69, 9.17) is 9.47 Å². The van der Waals surface area contributed by atoms with Crippen LogP contribution in [0.3, 0.4) is 0 Å². The van der Waals surface area contributed by atoms with E-state index in [1.54, 1.807) is 30.3 Å². The fourth-order valence-corrected chi connectivity index (χ4v) is 3.22. The Labute approximate surface area is 196 Å². The number of ether oxygens (including phenoxy) is 2. The van der Waals surface area contributed by atoms with Gasteiger partial charge < -0.3 is 9.47 Å². The number of nitrogens with zero attached hydrogens (tertiary/aromatic N) is 4. The molecule has 34 heavy (non-hydrogen) atoms. The minimum Gasteiger partial charge on any atom is -0.493 e. The molecule has 0 atom stereocenters. The van der Waals surface area contributed by atoms with Crippen molar-refractivity contribution in [3.05, 3.63) is 86.6 Å². The Morgan fingerprint density at radius 3 is 2.38 bits per heavy atom. The maximum absolute atomic E-state index is 12.0. The summed E-state index contributed by atoms with van der Waals surface area (Å²) in [6.45, 7) is 0. The third-order valence-electron chi connectivity index (χ3n) is 4.15. The molecule has 0 bridgehead atoms. The number of rotatable bonds is 10. The monoisotopic (exact) mass is 483 g/mol. The van der Waals surface area contributed by atoms with Crippen LogP contribution in [0, 0.1) is 20.2 Å². The number of pyridine rings is 1. The normalized spacial score (nSPS) is 10.6. The number of nitro benzene ring substituents is 1. The second kappa shape index (κ2) is 11.4. The maximum Gasteiger partial charge on any atom is 0.287 e. The number of aromatic nitrogens is 1. The molecule has 2 aromatic carbocycles. The highest BCUT2D eigenvalue weighted by atomic mass is 32.2. The molecule has 0 aliphatic rings. The Bertz CT molecular complexity index is 1220. The van der Waals surface area contributed by atoms with Crippen molar-refractivity contribution in [3.63, 3.8) is 0 Å². The molecule has 0 saturated carbocycles. The van der Waals surface area contributed by atoms with Gasteiger partial charge in [0.05, 0.1) is 28.9 Å². The molecule has 12 nitrogen and oxygen atoms in total. The summed E-state index contributed by atoms with van der Waals surface area (Å²) in [5.74, 6) is 0.584. The minimum absolute atomic E-state index is 0.0192. The van der Waals surface area contributed by atoms with Gasteiger partial charge in [0.2, 0.25) is 11.8 Å². The van der Waals surface area contributed by atoms with Crippen LogP contribution in [-0.2, 0) is 4.79 Å². The first-order valence-corrected chi connectivity index (χ1v) is 10.5. The third kappa shape index (κ3) is 6.74. The number of carbonyl (C=O) groups excluding carboxylic acids is 1. The van der Waals surface area contributed by atoms with Crippen LogP contribution in [0.4, 0.5) is 11.4 Å². The number of carbonyl (C=O) groups is 1. The van der Waals surface area contributed by atoms with Crippen LogP contribution in [0.5, 0.6) is 17.4 Å². The summed E-state index contributed by atoms with van der Waals surface area (Å²) in [6.07, 6.45) is 2.51. The van der Waals surface area contributed by atoms with Gasteiger partial charge in [-0.1, -0.05) is 0 Å². The molecule has 0 aliphatic carbocycles. The van der Waals surface area contributed by atoms with Crippen molar-refractivity contribution in [3.8, 4) is 17.4 Å². The molecule has 13 heteroatoms. The lowest BCUT2D eigenvalue weighted by molar-refractivity contribution is -0.385. The number of benzene rings is 2. The predicted molar refractivity (Wildman–Crippen MR) is 124 cm³/mol. The molecular weight excluding hydrogens is 466 g/mol. The van der Waals surface area contributed by atoms with Crippen molar-refractivity contribution in [1.29, 1.82) is 0 Å². The van der Waals surface area contributed by atoms with E-state index >= 15 is 0 Å². The van der Waals surface area contributed by atoms with Gasteiger partial charge in [0.1, 0.15) is 6.20 Å². The number of hydrogen-bond donors (Lipinski definition) is 1. The average Bonchev–Trinajstić information content (AvgIpc) is 2.84. The molecule has 0 radical (unpaired) electrons. The van der Waals surface area contributed by atoms with Gasteiger partial charge in [-0.15, -0.1) is 11.8 Å². The van der Waals surface area contributed by atoms with E-state index in [-0.39, 0.29) is 28.9 Å². The molecule has 0 fully saturated rings. The standard InChI is InChI=1S/C21H17N5O7S/c1-32-19-10-14(2-8-18(19)33-21-9-5-16(12-22-21)26(30)31)11-23-24-20(27)13-34-17-6-3-15(4-7-17)25(28)29/h2-12H,13H2,1H3,(H,24,27)/b23-11+. The second-order valence-electron chi connectivity index (χ2n) is 6.46. The lowest BCUT2D eigenvalue weighted by Crippen LogP contribution is -2.19. The molecule has 3 rings (SSSR count). The number of nitrogens with one attached hydrogen (secondary N) is 1. The van der Waals surface area contributed by atoms with Gasteiger partial charge >= 0.3 is 0 Å². The summed E-state index contributed by atoms with van der Waals surface area (Å²) >= 11 is 1.22. The van der Waals surface area contributed by atoms with Crippen LogP contribution in [0.1, 0.15) is 5.56 Å². The smallest absolute Gasteiger partial charge is 0.287 e. The topological polar surface area (TPSA) is 159 Å². The Morgan fingerprint density at radius 1 is 1.06 bits per heavy atom. The predicted octanol–water partition coefficient (Wildman–Crippen LogP) is 3.94. The van der Waals surface area contributed by atoms with Crippen molar-refractivity contribution in [1.82, 2.24) is 10.4 Å². The van der Waals surface area contributed by atoms with Gasteiger partial charge in [-0.2, -0.15) is 5.10 Å². The molecule has 0 aliphatic heterocycles. The first kappa shape index (κ1) is 24.1. The summed E-state index contributed by atoms with van der Waals surface area (Å²) in [5, 5.41) is 25.3. The number of hydrogen-bond acceptors (Lipinski definition) is 10. The fraction of sp³-hybridized carbons (Fsp3) is 0.0952. The van der Waals surface area contributed by atoms with Crippen molar-refractivity contribution >= 4 is 35.3 Å². The Hall–Kier alpha value is -4.52. The lowest BCUT2D eigenvalue weighted by Gasteiger charge is -2.10. The lowest BCUT2D eigenvalue weighted by atomic mass is 10.2. The van der Waals surface area contributed by atoms with E-state index in [0.717, 1.165) is 6.20 Å². The summed E-state index contributed by atoms with van der Waals surface area (Å²) in [7, 11) is 1.45. The quantitative estimate of drug-likeness (QED) is 0.195. The number of thioether (sulfide) groups is 1. The summed E-state index contributed by atoms with van der Waals surface area (Å²) in [4.78, 5) is 36.9. The molecule has 1 amide bonds. The van der Waals surface area contributed by atoms with Gasteiger partial charge in [0.25, 0.3) is 11.4 Å². The van der Waals surface area contributed by atoms with Crippen LogP contribution < -0.4 is 14.9 Å². The minimum atomic E-state index is -0.557. The largest absolute Gasteiger partial charge is 0.493 e. The van der Waals surface area contributed by atoms with Gasteiger partial charge in [0, 0.05) is 29.2 Å². The van der Waals surface area contributed by atoms with Crippen LogP contribution in [0.2, 0.25) is 0 Å². The number of methoxy groups -OCH3 is 1. The van der Waals surface area contributed by atoms with E-state index in [9.17, 15) is 25.0 Å². The SMILES string of the molecule is COc1cc(/C=N/NC(=O)CSc2ccc([N+](=O)[O-])cc2)ccc1Oc1ccc([N+](=O)[O-])cn1. The van der Waals surface area contributed by atoms with E-state index < -0.39 is 9.85 Å². The summed E-state index contributed by atoms with van der Waals surface area (Å²) in [5.41, 5.74) is 2.84. The molecule has 1 heterocycles. The van der Waals surface area contributed by atoms with E-state index in [2.05, 4.69) is 15.5 Å². The zero-order valence-corrected chi connectivity index (χ0v) is 18.4. The molecule has 1 aromatic heterocycles. The molecule has 0 saturated heterocycles. The van der Waals surface area contributed by atoms with Gasteiger partial charge in [-0.05, 0) is 35.9 Å². The fourth-order valence-electron chi connectivity index (χ4n) is 2.53. The van der Waals surface area contributed by atoms with Crippen molar-refractivity contribution < 1.29 is 24.1 Å². The van der Waals surface area contributed by atoms with E-state index in [1.807, 2.05) is 0 Å². The third-order valence-corrected chi connectivity index (χ3v) is 5.17.